The van der Waals surface area contributed by atoms with Crippen LogP contribution in [0, 0.1) is 0 Å². The first-order valence-electron chi connectivity index (χ1n) is 5.82. The van der Waals surface area contributed by atoms with Gasteiger partial charge in [0.25, 0.3) is 5.56 Å². The number of thioether (sulfide) groups is 1. The Morgan fingerprint density at radius 1 is 1.50 bits per heavy atom. The quantitative estimate of drug-likeness (QED) is 0.864. The molecule has 0 bridgehead atoms. The molecule has 0 unspecified atom stereocenters. The molecule has 2 aliphatic heterocycles. The molecule has 0 radical (unpaired) electrons. The number of ether oxygens (including phenoxy) is 1. The van der Waals surface area contributed by atoms with Crippen LogP contribution in [0.4, 0.5) is 4.39 Å². The molecule has 6 heteroatoms. The van der Waals surface area contributed by atoms with Gasteiger partial charge in [-0.05, 0) is 18.2 Å². The summed E-state index contributed by atoms with van der Waals surface area (Å²) in [5, 5.41) is 0.360. The van der Waals surface area contributed by atoms with E-state index < -0.39 is 5.67 Å². The number of rotatable bonds is 1. The van der Waals surface area contributed by atoms with Gasteiger partial charge in [0.1, 0.15) is 5.67 Å². The molecule has 18 heavy (non-hydrogen) atoms. The molecule has 3 rings (SSSR count). The Bertz CT molecular complexity index is 531. The van der Waals surface area contributed by atoms with Crippen LogP contribution in [0.2, 0.25) is 5.02 Å². The van der Waals surface area contributed by atoms with Crippen molar-refractivity contribution in [1.82, 2.24) is 4.98 Å². The van der Waals surface area contributed by atoms with Crippen LogP contribution in [0.1, 0.15) is 18.4 Å². The number of hydrogen-bond donors (Lipinski definition) is 1. The average molecular weight is 290 g/mol. The second-order valence-corrected chi connectivity index (χ2v) is 6.98. The number of hydrogen-bond acceptors (Lipinski definition) is 3. The summed E-state index contributed by atoms with van der Waals surface area (Å²) < 4.78 is 20.2. The maximum absolute atomic E-state index is 15.1. The third-order valence-corrected chi connectivity index (χ3v) is 5.21. The van der Waals surface area contributed by atoms with Crippen molar-refractivity contribution in [1.29, 1.82) is 0 Å². The van der Waals surface area contributed by atoms with Gasteiger partial charge in [-0.3, -0.25) is 4.79 Å². The second-order valence-electron chi connectivity index (χ2n) is 4.98. The number of alkyl halides is 1. The van der Waals surface area contributed by atoms with Gasteiger partial charge in [0, 0.05) is 12.6 Å². The Balaban J connectivity index is 1.98. The fourth-order valence-corrected chi connectivity index (χ4v) is 4.30. The highest BCUT2D eigenvalue weighted by Crippen LogP contribution is 2.51. The van der Waals surface area contributed by atoms with Crippen molar-refractivity contribution < 1.29 is 9.13 Å². The maximum atomic E-state index is 15.1. The molecule has 1 aromatic rings. The summed E-state index contributed by atoms with van der Waals surface area (Å²) in [4.78, 5) is 14.3. The summed E-state index contributed by atoms with van der Waals surface area (Å²) in [6, 6.07) is 1.45. The third-order valence-electron chi connectivity index (χ3n) is 3.59. The highest BCUT2D eigenvalue weighted by molar-refractivity contribution is 8.00. The third kappa shape index (κ3) is 1.98. The maximum Gasteiger partial charge on any atom is 0.254 e. The highest BCUT2D eigenvalue weighted by Gasteiger charge is 2.51. The Labute approximate surface area is 113 Å². The van der Waals surface area contributed by atoms with Crippen molar-refractivity contribution in [2.75, 3.05) is 19.0 Å². The molecule has 3 nitrogen and oxygen atoms in total. The van der Waals surface area contributed by atoms with Crippen molar-refractivity contribution in [3.63, 3.8) is 0 Å². The predicted octanol–water partition coefficient (Wildman–Crippen LogP) is 2.49. The summed E-state index contributed by atoms with van der Waals surface area (Å²) in [5.41, 5.74) is -1.82. The molecule has 1 atom stereocenters. The molecule has 0 saturated carbocycles. The zero-order valence-corrected chi connectivity index (χ0v) is 11.2. The van der Waals surface area contributed by atoms with Crippen molar-refractivity contribution >= 4 is 23.4 Å². The van der Waals surface area contributed by atoms with Gasteiger partial charge in [-0.15, -0.1) is 0 Å². The summed E-state index contributed by atoms with van der Waals surface area (Å²) in [5.74, 6) is 0.700. The summed E-state index contributed by atoms with van der Waals surface area (Å²) >= 11 is 7.60. The van der Waals surface area contributed by atoms with Gasteiger partial charge < -0.3 is 9.72 Å². The van der Waals surface area contributed by atoms with Gasteiger partial charge in [-0.25, -0.2) is 4.39 Å². The van der Waals surface area contributed by atoms with E-state index in [1.165, 1.54) is 12.3 Å². The van der Waals surface area contributed by atoms with E-state index in [0.29, 0.717) is 36.8 Å². The fraction of sp³-hybridized carbons (Fsp3) is 0.583. The van der Waals surface area contributed by atoms with E-state index in [1.807, 2.05) is 0 Å². The minimum absolute atomic E-state index is 0.151. The molecular formula is C12H13ClFNO2S. The molecule has 0 amide bonds. The molecule has 2 saturated heterocycles. The molecule has 1 aromatic heterocycles. The van der Waals surface area contributed by atoms with Crippen LogP contribution in [0.25, 0.3) is 0 Å². The average Bonchev–Trinajstić information content (AvgIpc) is 2.30. The van der Waals surface area contributed by atoms with Crippen LogP contribution in [0.5, 0.6) is 0 Å². The molecule has 1 spiro atoms. The molecule has 1 N–H and O–H groups in total. The van der Waals surface area contributed by atoms with Gasteiger partial charge in [0.05, 0.1) is 28.5 Å². The standard InChI is InChI=1S/C12H13ClFNO2S/c13-8-3-9(10(16)15-4-8)12(14)1-2-18-11(5-12)6-17-7-11/h3-4H,1-2,5-7H2,(H,15,16)/t12-/m0/s1. The van der Waals surface area contributed by atoms with Crippen molar-refractivity contribution in [2.24, 2.45) is 0 Å². The molecule has 0 aliphatic carbocycles. The lowest BCUT2D eigenvalue weighted by Crippen LogP contribution is -2.54. The number of nitrogens with one attached hydrogen (secondary N) is 1. The van der Waals surface area contributed by atoms with Crippen LogP contribution in [0.3, 0.4) is 0 Å². The molecule has 3 heterocycles. The molecular weight excluding hydrogens is 277 g/mol. The van der Waals surface area contributed by atoms with Gasteiger partial charge in [0.15, 0.2) is 0 Å². The zero-order valence-electron chi connectivity index (χ0n) is 9.67. The summed E-state index contributed by atoms with van der Waals surface area (Å²) in [7, 11) is 0. The smallest absolute Gasteiger partial charge is 0.254 e. The van der Waals surface area contributed by atoms with Crippen LogP contribution < -0.4 is 5.56 Å². The Morgan fingerprint density at radius 3 is 2.94 bits per heavy atom. The zero-order chi connectivity index (χ0) is 12.8. The Hall–Kier alpha value is -0.520. The number of aromatic amines is 1. The first-order chi connectivity index (χ1) is 8.53. The molecule has 2 fully saturated rings. The van der Waals surface area contributed by atoms with E-state index >= 15 is 4.39 Å². The fourth-order valence-electron chi connectivity index (χ4n) is 2.61. The van der Waals surface area contributed by atoms with E-state index in [4.69, 9.17) is 16.3 Å². The number of pyridine rings is 1. The van der Waals surface area contributed by atoms with Crippen LogP contribution in [-0.4, -0.2) is 28.7 Å². The predicted molar refractivity (Wildman–Crippen MR) is 70.1 cm³/mol. The monoisotopic (exact) mass is 289 g/mol. The van der Waals surface area contributed by atoms with E-state index in [9.17, 15) is 4.79 Å². The van der Waals surface area contributed by atoms with Crippen LogP contribution in [0.15, 0.2) is 17.1 Å². The van der Waals surface area contributed by atoms with E-state index in [-0.39, 0.29) is 15.9 Å². The van der Waals surface area contributed by atoms with E-state index in [0.717, 1.165) is 0 Å². The SMILES string of the molecule is O=c1[nH]cc(Cl)cc1[C@]1(F)CCSC2(COC2)C1. The minimum Gasteiger partial charge on any atom is -0.378 e. The number of aromatic nitrogens is 1. The Kier molecular flexibility index (Phi) is 2.95. The molecule has 98 valence electrons. The van der Waals surface area contributed by atoms with Crippen molar-refractivity contribution in [3.8, 4) is 0 Å². The van der Waals surface area contributed by atoms with Gasteiger partial charge >= 0.3 is 0 Å². The largest absolute Gasteiger partial charge is 0.378 e. The van der Waals surface area contributed by atoms with E-state index in [1.54, 1.807) is 11.8 Å². The highest BCUT2D eigenvalue weighted by atomic mass is 35.5. The summed E-state index contributed by atoms with van der Waals surface area (Å²) in [6.07, 6.45) is 2.06. The van der Waals surface area contributed by atoms with E-state index in [2.05, 4.69) is 4.98 Å². The number of halogens is 2. The minimum atomic E-state index is -1.59. The normalized spacial score (nSPS) is 30.1. The van der Waals surface area contributed by atoms with Crippen LogP contribution >= 0.6 is 23.4 Å². The van der Waals surface area contributed by atoms with Gasteiger partial charge in [-0.2, -0.15) is 11.8 Å². The van der Waals surface area contributed by atoms with Crippen molar-refractivity contribution in [2.45, 2.75) is 23.3 Å². The first kappa shape index (κ1) is 12.5. The topological polar surface area (TPSA) is 42.1 Å². The second kappa shape index (κ2) is 4.25. The lowest BCUT2D eigenvalue weighted by Gasteiger charge is -2.48. The molecule has 2 aliphatic rings. The molecule has 0 aromatic carbocycles. The van der Waals surface area contributed by atoms with Gasteiger partial charge in [-0.1, -0.05) is 11.6 Å². The first-order valence-corrected chi connectivity index (χ1v) is 7.19. The van der Waals surface area contributed by atoms with Gasteiger partial charge in [0.2, 0.25) is 0 Å². The lowest BCUT2D eigenvalue weighted by molar-refractivity contribution is -0.0437. The van der Waals surface area contributed by atoms with Crippen LogP contribution in [-0.2, 0) is 10.4 Å². The summed E-state index contributed by atoms with van der Waals surface area (Å²) in [6.45, 7) is 1.14. The Morgan fingerprint density at radius 2 is 2.28 bits per heavy atom. The number of H-pyrrole nitrogens is 1. The lowest BCUT2D eigenvalue weighted by atomic mass is 9.82. The van der Waals surface area contributed by atoms with Crippen molar-refractivity contribution in [3.05, 3.63) is 33.2 Å².